The van der Waals surface area contributed by atoms with Crippen molar-refractivity contribution in [2.75, 3.05) is 6.61 Å². The zero-order valence-corrected chi connectivity index (χ0v) is 13.2. The minimum absolute atomic E-state index is 0.0551. The van der Waals surface area contributed by atoms with E-state index in [0.717, 1.165) is 24.8 Å². The highest BCUT2D eigenvalue weighted by Crippen LogP contribution is 2.49. The first kappa shape index (κ1) is 15.6. The van der Waals surface area contributed by atoms with Crippen LogP contribution < -0.4 is 0 Å². The van der Waals surface area contributed by atoms with Crippen LogP contribution in [0.5, 0.6) is 0 Å². The molecule has 4 nitrogen and oxygen atoms in total. The quantitative estimate of drug-likeness (QED) is 0.863. The van der Waals surface area contributed by atoms with Crippen LogP contribution in [0.15, 0.2) is 24.3 Å². The molecule has 2 bridgehead atoms. The van der Waals surface area contributed by atoms with E-state index in [0.29, 0.717) is 23.3 Å². The molecule has 2 fully saturated rings. The van der Waals surface area contributed by atoms with Gasteiger partial charge in [-0.2, -0.15) is 0 Å². The van der Waals surface area contributed by atoms with E-state index in [1.807, 2.05) is 18.2 Å². The minimum atomic E-state index is -0.907. The molecule has 5 heteroatoms. The summed E-state index contributed by atoms with van der Waals surface area (Å²) < 4.78 is 0. The van der Waals surface area contributed by atoms with Crippen LogP contribution in [0.3, 0.4) is 0 Å². The Morgan fingerprint density at radius 1 is 1.32 bits per heavy atom. The predicted molar refractivity (Wildman–Crippen MR) is 85.0 cm³/mol. The van der Waals surface area contributed by atoms with Gasteiger partial charge >= 0.3 is 6.09 Å². The van der Waals surface area contributed by atoms with Crippen molar-refractivity contribution in [3.63, 3.8) is 0 Å². The lowest BCUT2D eigenvalue weighted by atomic mass is 9.91. The Balaban J connectivity index is 1.93. The van der Waals surface area contributed by atoms with Crippen LogP contribution in [0.1, 0.15) is 43.7 Å². The van der Waals surface area contributed by atoms with E-state index in [1.54, 1.807) is 11.0 Å². The fourth-order valence-electron chi connectivity index (χ4n) is 4.37. The van der Waals surface area contributed by atoms with E-state index in [-0.39, 0.29) is 18.7 Å². The van der Waals surface area contributed by atoms with Gasteiger partial charge in [0.2, 0.25) is 0 Å². The molecule has 3 rings (SSSR count). The van der Waals surface area contributed by atoms with Gasteiger partial charge in [0.1, 0.15) is 0 Å². The maximum atomic E-state index is 12.0. The summed E-state index contributed by atoms with van der Waals surface area (Å²) >= 11 is 6.29. The van der Waals surface area contributed by atoms with Gasteiger partial charge in [0.05, 0.1) is 6.04 Å². The van der Waals surface area contributed by atoms with Gasteiger partial charge in [0, 0.05) is 17.7 Å². The van der Waals surface area contributed by atoms with Crippen LogP contribution in [0.4, 0.5) is 4.79 Å². The zero-order valence-electron chi connectivity index (χ0n) is 12.5. The predicted octanol–water partition coefficient (Wildman–Crippen LogP) is 3.93. The molecule has 0 saturated heterocycles. The smallest absolute Gasteiger partial charge is 0.408 e. The van der Waals surface area contributed by atoms with Crippen molar-refractivity contribution in [3.8, 4) is 0 Å². The number of carboxylic acid groups (broad SMARTS) is 1. The van der Waals surface area contributed by atoms with Crippen molar-refractivity contribution in [1.82, 2.24) is 4.90 Å². The summed E-state index contributed by atoms with van der Waals surface area (Å²) in [5.74, 6) is 1.13. The van der Waals surface area contributed by atoms with Crippen molar-refractivity contribution in [1.29, 1.82) is 0 Å². The van der Waals surface area contributed by atoms with Crippen LogP contribution in [0.25, 0.3) is 0 Å². The largest absolute Gasteiger partial charge is 0.465 e. The molecular weight excluding hydrogens is 302 g/mol. The average molecular weight is 324 g/mol. The summed E-state index contributed by atoms with van der Waals surface area (Å²) in [5, 5.41) is 19.8. The minimum Gasteiger partial charge on any atom is -0.465 e. The molecule has 2 saturated carbocycles. The van der Waals surface area contributed by atoms with Gasteiger partial charge in [0.25, 0.3) is 0 Å². The van der Waals surface area contributed by atoms with Gasteiger partial charge in [-0.3, -0.25) is 4.90 Å². The fourth-order valence-corrected chi connectivity index (χ4v) is 4.63. The van der Waals surface area contributed by atoms with Gasteiger partial charge in [-0.15, -0.1) is 0 Å². The summed E-state index contributed by atoms with van der Waals surface area (Å²) in [5.41, 5.74) is 0.795. The molecule has 0 radical (unpaired) electrons. The normalized spacial score (nSPS) is 27.8. The number of aliphatic hydroxyl groups excluding tert-OH is 1. The van der Waals surface area contributed by atoms with Crippen molar-refractivity contribution >= 4 is 17.7 Å². The Labute approximate surface area is 135 Å². The van der Waals surface area contributed by atoms with Crippen molar-refractivity contribution in [2.45, 2.75) is 44.2 Å². The van der Waals surface area contributed by atoms with E-state index in [9.17, 15) is 15.0 Å². The number of aliphatic hydroxyl groups is 1. The Morgan fingerprint density at radius 3 is 2.64 bits per heavy atom. The average Bonchev–Trinajstić information content (AvgIpc) is 3.10. The number of hydrogen-bond acceptors (Lipinski definition) is 2. The lowest BCUT2D eigenvalue weighted by Gasteiger charge is -2.38. The molecule has 3 unspecified atom stereocenters. The van der Waals surface area contributed by atoms with E-state index >= 15 is 0 Å². The first-order chi connectivity index (χ1) is 10.6. The molecule has 2 N–H and O–H groups in total. The number of hydrogen-bond donors (Lipinski definition) is 2. The number of halogens is 1. The number of fused-ring (bicyclic) bond motifs is 2. The van der Waals surface area contributed by atoms with Crippen LogP contribution in [0, 0.1) is 11.8 Å². The highest BCUT2D eigenvalue weighted by molar-refractivity contribution is 6.31. The molecule has 1 aromatic carbocycles. The second-order valence-electron chi connectivity index (χ2n) is 6.48. The monoisotopic (exact) mass is 323 g/mol. The molecule has 0 heterocycles. The molecule has 0 aromatic heterocycles. The molecule has 120 valence electrons. The Hall–Kier alpha value is -1.26. The van der Waals surface area contributed by atoms with Crippen molar-refractivity contribution in [2.24, 2.45) is 11.8 Å². The van der Waals surface area contributed by atoms with Crippen LogP contribution in [0.2, 0.25) is 5.02 Å². The van der Waals surface area contributed by atoms with E-state index in [2.05, 4.69) is 0 Å². The second kappa shape index (κ2) is 6.47. The first-order valence-electron chi connectivity index (χ1n) is 7.98. The molecule has 1 aromatic rings. The highest BCUT2D eigenvalue weighted by atomic mass is 35.5. The maximum Gasteiger partial charge on any atom is 0.408 e. The number of benzene rings is 1. The van der Waals surface area contributed by atoms with Crippen molar-refractivity contribution in [3.05, 3.63) is 34.9 Å². The molecule has 1 amide bonds. The van der Waals surface area contributed by atoms with Gasteiger partial charge in [-0.1, -0.05) is 36.2 Å². The summed E-state index contributed by atoms with van der Waals surface area (Å²) in [6.45, 7) is -0.0551. The van der Waals surface area contributed by atoms with E-state index < -0.39 is 6.09 Å². The van der Waals surface area contributed by atoms with Gasteiger partial charge in [-0.05, 0) is 49.1 Å². The highest BCUT2D eigenvalue weighted by Gasteiger charge is 2.46. The summed E-state index contributed by atoms with van der Waals surface area (Å²) in [6.07, 6.45) is 3.91. The Morgan fingerprint density at radius 2 is 2.09 bits per heavy atom. The molecule has 0 aliphatic heterocycles. The van der Waals surface area contributed by atoms with E-state index in [1.165, 1.54) is 6.42 Å². The SMILES string of the molecule is O=C(O)N(C1CC2CCC1C2)[C@@H](CCO)c1ccccc1Cl. The number of amides is 1. The topological polar surface area (TPSA) is 60.8 Å². The van der Waals surface area contributed by atoms with Gasteiger partial charge in [-0.25, -0.2) is 4.79 Å². The molecular formula is C17H22ClNO3. The molecule has 2 aliphatic carbocycles. The van der Waals surface area contributed by atoms with Gasteiger partial charge in [0.15, 0.2) is 0 Å². The third kappa shape index (κ3) is 2.82. The third-order valence-corrected chi connectivity index (χ3v) is 5.63. The maximum absolute atomic E-state index is 12.0. The summed E-state index contributed by atoms with van der Waals surface area (Å²) in [7, 11) is 0. The van der Waals surface area contributed by atoms with Crippen LogP contribution >= 0.6 is 11.6 Å². The first-order valence-corrected chi connectivity index (χ1v) is 8.36. The molecule has 2 aliphatic rings. The zero-order chi connectivity index (χ0) is 15.7. The molecule has 22 heavy (non-hydrogen) atoms. The molecule has 0 spiro atoms. The van der Waals surface area contributed by atoms with Crippen molar-refractivity contribution < 1.29 is 15.0 Å². The van der Waals surface area contributed by atoms with E-state index in [4.69, 9.17) is 11.6 Å². The second-order valence-corrected chi connectivity index (χ2v) is 6.89. The Bertz CT molecular complexity index is 550. The fraction of sp³-hybridized carbons (Fsp3) is 0.588. The Kier molecular flexibility index (Phi) is 4.59. The lowest BCUT2D eigenvalue weighted by molar-refractivity contribution is 0.0673. The standard InChI is InChI=1S/C17H22ClNO3/c18-14-4-2-1-3-13(14)15(7-8-20)19(17(21)22)16-10-11-5-6-12(16)9-11/h1-4,11-12,15-16,20H,5-10H2,(H,21,22)/t11?,12?,15-,16?/m0/s1. The summed E-state index contributed by atoms with van der Waals surface area (Å²) in [6, 6.07) is 7.04. The van der Waals surface area contributed by atoms with Crippen LogP contribution in [-0.2, 0) is 0 Å². The van der Waals surface area contributed by atoms with Crippen LogP contribution in [-0.4, -0.2) is 33.9 Å². The number of carbonyl (C=O) groups is 1. The summed E-state index contributed by atoms with van der Waals surface area (Å²) in [4.78, 5) is 13.5. The lowest BCUT2D eigenvalue weighted by Crippen LogP contribution is -2.45. The number of nitrogens with zero attached hydrogens (tertiary/aromatic N) is 1. The van der Waals surface area contributed by atoms with Gasteiger partial charge < -0.3 is 10.2 Å². The number of rotatable bonds is 5. The molecule has 4 atom stereocenters. The third-order valence-electron chi connectivity index (χ3n) is 5.28.